The quantitative estimate of drug-likeness (QED) is 0.471. The van der Waals surface area contributed by atoms with Crippen LogP contribution in [-0.2, 0) is 0 Å². The summed E-state index contributed by atoms with van der Waals surface area (Å²) in [5, 5.41) is 0. The molecule has 0 spiro atoms. The third-order valence-corrected chi connectivity index (χ3v) is 0.658. The van der Waals surface area contributed by atoms with Crippen molar-refractivity contribution in [2.75, 3.05) is 13.1 Å². The predicted molar refractivity (Wildman–Crippen MR) is 41.8 cm³/mol. The Labute approximate surface area is 62.8 Å². The van der Waals surface area contributed by atoms with E-state index >= 15 is 0 Å². The molecule has 0 fully saturated rings. The Morgan fingerprint density at radius 3 is 1.12 bits per heavy atom. The Kier molecular flexibility index (Phi) is 30.9. The van der Waals surface area contributed by atoms with Gasteiger partial charge >= 0.3 is 0 Å². The summed E-state index contributed by atoms with van der Waals surface area (Å²) in [4.78, 5) is 0. The third-order valence-electron chi connectivity index (χ3n) is 0.658. The summed E-state index contributed by atoms with van der Waals surface area (Å²) in [7, 11) is 0. The van der Waals surface area contributed by atoms with Crippen molar-refractivity contribution in [3.63, 3.8) is 0 Å². The van der Waals surface area contributed by atoms with Crippen molar-refractivity contribution in [3.05, 3.63) is 0 Å². The minimum absolute atomic E-state index is 0. The highest BCUT2D eigenvalue weighted by molar-refractivity contribution is 5.85. The molecule has 0 aromatic carbocycles. The normalized spacial score (nSPS) is 6.75. The molecule has 54 valence electrons. The van der Waals surface area contributed by atoms with Crippen LogP contribution in [0.25, 0.3) is 0 Å². The molecule has 2 nitrogen and oxygen atoms in total. The highest BCUT2D eigenvalue weighted by Gasteiger charge is 1.75. The Morgan fingerprint density at radius 2 is 1.00 bits per heavy atom. The fraction of sp³-hybridized carbons (Fsp3) is 1.00. The summed E-state index contributed by atoms with van der Waals surface area (Å²) in [5.41, 5.74) is 10.3. The van der Waals surface area contributed by atoms with Gasteiger partial charge in [-0.1, -0.05) is 0 Å². The maximum atomic E-state index is 5.16. The van der Waals surface area contributed by atoms with E-state index in [2.05, 4.69) is 0 Å². The van der Waals surface area contributed by atoms with E-state index in [1.165, 1.54) is 0 Å². The first-order valence-corrected chi connectivity index (χ1v) is 2.32. The van der Waals surface area contributed by atoms with Crippen LogP contribution in [0.4, 0.5) is 0 Å². The van der Waals surface area contributed by atoms with Gasteiger partial charge in [0.05, 0.1) is 0 Å². The van der Waals surface area contributed by atoms with Crippen LogP contribution >= 0.6 is 24.8 Å². The van der Waals surface area contributed by atoms with Crippen LogP contribution in [0.3, 0.4) is 0 Å². The van der Waals surface area contributed by atoms with Crippen molar-refractivity contribution in [1.29, 1.82) is 0 Å². The molecule has 8 heavy (non-hydrogen) atoms. The highest BCUT2D eigenvalue weighted by Crippen LogP contribution is 1.77. The van der Waals surface area contributed by atoms with Gasteiger partial charge in [-0.3, -0.25) is 0 Å². The summed E-state index contributed by atoms with van der Waals surface area (Å²) in [5.74, 6) is 0. The molecule has 0 aromatic heterocycles. The van der Waals surface area contributed by atoms with E-state index in [0.717, 1.165) is 25.9 Å². The fourth-order valence-electron chi connectivity index (χ4n) is 0.289. The molecule has 0 heterocycles. The standard InChI is InChI=1S/C4H12N2.2ClH/c5-3-1-2-4-6;;/h1-6H2;2*1H/i3+1,4+1;;. The lowest BCUT2D eigenvalue weighted by Crippen LogP contribution is -2.03. The Morgan fingerprint density at radius 1 is 0.750 bits per heavy atom. The van der Waals surface area contributed by atoms with Gasteiger partial charge in [0.15, 0.2) is 0 Å². The van der Waals surface area contributed by atoms with Crippen LogP contribution in [-0.4, -0.2) is 13.1 Å². The van der Waals surface area contributed by atoms with E-state index in [0.29, 0.717) is 0 Å². The van der Waals surface area contributed by atoms with Crippen LogP contribution < -0.4 is 11.5 Å². The maximum Gasteiger partial charge on any atom is -0.00768 e. The Bertz CT molecular complexity index is 24.0. The molecule has 0 unspecified atom stereocenters. The smallest absolute Gasteiger partial charge is 0.00768 e. The number of unbranched alkanes of at least 4 members (excludes halogenated alkanes) is 1. The van der Waals surface area contributed by atoms with E-state index in [9.17, 15) is 0 Å². The summed E-state index contributed by atoms with van der Waals surface area (Å²) >= 11 is 0. The lowest BCUT2D eigenvalue weighted by atomic mass is 10.5. The fourth-order valence-corrected chi connectivity index (χ4v) is 0.289. The van der Waals surface area contributed by atoms with Crippen molar-refractivity contribution in [1.82, 2.24) is 0 Å². The van der Waals surface area contributed by atoms with E-state index in [1.807, 2.05) is 0 Å². The van der Waals surface area contributed by atoms with Crippen LogP contribution in [0.2, 0.25) is 0 Å². The van der Waals surface area contributed by atoms with E-state index in [1.54, 1.807) is 0 Å². The van der Waals surface area contributed by atoms with Gasteiger partial charge in [-0.05, 0) is 25.9 Å². The largest absolute Gasteiger partial charge is 0.330 e. The van der Waals surface area contributed by atoms with Gasteiger partial charge < -0.3 is 11.5 Å². The zero-order valence-corrected chi connectivity index (χ0v) is 6.43. The van der Waals surface area contributed by atoms with Gasteiger partial charge in [-0.25, -0.2) is 0 Å². The first kappa shape index (κ1) is 15.8. The van der Waals surface area contributed by atoms with Crippen LogP contribution in [0.15, 0.2) is 0 Å². The summed E-state index contributed by atoms with van der Waals surface area (Å²) in [6.07, 6.45) is 2.13. The molecule has 4 heteroatoms. The van der Waals surface area contributed by atoms with E-state index in [-0.39, 0.29) is 24.8 Å². The van der Waals surface area contributed by atoms with E-state index in [4.69, 9.17) is 11.5 Å². The molecule has 0 bridgehead atoms. The topological polar surface area (TPSA) is 52.0 Å². The number of hydrogen-bond donors (Lipinski definition) is 2. The first-order chi connectivity index (χ1) is 2.91. The third kappa shape index (κ3) is 16.1. The summed E-state index contributed by atoms with van der Waals surface area (Å²) in [6.45, 7) is 1.55. The van der Waals surface area contributed by atoms with Gasteiger partial charge in [0.25, 0.3) is 0 Å². The molecule has 0 aliphatic carbocycles. The van der Waals surface area contributed by atoms with Crippen molar-refractivity contribution < 1.29 is 0 Å². The molecule has 0 saturated carbocycles. The average molecular weight is 163 g/mol. The molecular weight excluding hydrogens is 149 g/mol. The monoisotopic (exact) mass is 162 g/mol. The molecular formula is C4H14Cl2N2. The lowest BCUT2D eigenvalue weighted by Gasteiger charge is -1.87. The second-order valence-corrected chi connectivity index (χ2v) is 1.28. The molecule has 0 aliphatic rings. The van der Waals surface area contributed by atoms with Gasteiger partial charge in [-0.15, -0.1) is 24.8 Å². The number of rotatable bonds is 3. The van der Waals surface area contributed by atoms with Crippen molar-refractivity contribution in [2.45, 2.75) is 12.8 Å². The van der Waals surface area contributed by atoms with Crippen LogP contribution in [0.5, 0.6) is 0 Å². The van der Waals surface area contributed by atoms with Gasteiger partial charge in [-0.2, -0.15) is 0 Å². The predicted octanol–water partition coefficient (Wildman–Crippen LogP) is 0.528. The second-order valence-electron chi connectivity index (χ2n) is 1.28. The Hall–Kier alpha value is 0.500. The minimum atomic E-state index is 0. The second kappa shape index (κ2) is 15.6. The lowest BCUT2D eigenvalue weighted by molar-refractivity contribution is 0.755. The first-order valence-electron chi connectivity index (χ1n) is 2.32. The van der Waals surface area contributed by atoms with Crippen molar-refractivity contribution in [2.24, 2.45) is 11.5 Å². The highest BCUT2D eigenvalue weighted by atomic mass is 35.5. The maximum absolute atomic E-state index is 5.16. The number of halogens is 2. The molecule has 0 amide bonds. The SMILES string of the molecule is Cl.Cl.N[13CH2]CC[13CH2]N. The van der Waals surface area contributed by atoms with E-state index < -0.39 is 0 Å². The number of nitrogens with two attached hydrogens (primary N) is 2. The zero-order chi connectivity index (χ0) is 4.83. The molecule has 0 aliphatic heterocycles. The molecule has 0 saturated heterocycles. The summed E-state index contributed by atoms with van der Waals surface area (Å²) in [6, 6.07) is 0. The Balaban J connectivity index is -0.000000125. The van der Waals surface area contributed by atoms with Gasteiger partial charge in [0.2, 0.25) is 0 Å². The number of hydrogen-bond acceptors (Lipinski definition) is 2. The van der Waals surface area contributed by atoms with Crippen molar-refractivity contribution in [3.8, 4) is 0 Å². The molecule has 0 atom stereocenters. The minimum Gasteiger partial charge on any atom is -0.330 e. The van der Waals surface area contributed by atoms with Crippen molar-refractivity contribution >= 4 is 24.8 Å². The van der Waals surface area contributed by atoms with Gasteiger partial charge in [0, 0.05) is 0 Å². The molecule has 0 rings (SSSR count). The molecule has 4 N–H and O–H groups in total. The average Bonchev–Trinajstić information content (AvgIpc) is 1.61. The molecule has 0 radical (unpaired) electrons. The molecule has 0 aromatic rings. The van der Waals surface area contributed by atoms with Gasteiger partial charge in [0.1, 0.15) is 0 Å². The zero-order valence-electron chi connectivity index (χ0n) is 4.80. The van der Waals surface area contributed by atoms with Crippen LogP contribution in [0.1, 0.15) is 12.8 Å². The summed E-state index contributed by atoms with van der Waals surface area (Å²) < 4.78 is 0. The van der Waals surface area contributed by atoms with Crippen LogP contribution in [0, 0.1) is 0 Å².